The van der Waals surface area contributed by atoms with Crippen LogP contribution in [0.25, 0.3) is 11.0 Å². The molecule has 182 valence electrons. The lowest BCUT2D eigenvalue weighted by molar-refractivity contribution is -0.133. The molecule has 1 amide bonds. The zero-order valence-electron chi connectivity index (χ0n) is 19.7. The number of para-hydroxylation sites is 2. The third kappa shape index (κ3) is 4.69. The Hall–Kier alpha value is -3.24. The van der Waals surface area contributed by atoms with Gasteiger partial charge in [-0.1, -0.05) is 12.1 Å². The molecule has 4 rings (SSSR count). The van der Waals surface area contributed by atoms with Gasteiger partial charge in [0.15, 0.2) is 0 Å². The average molecular weight is 470 g/mol. The second kappa shape index (κ2) is 9.19. The van der Waals surface area contributed by atoms with E-state index in [9.17, 15) is 24.6 Å². The molecule has 34 heavy (non-hydrogen) atoms. The Labute approximate surface area is 196 Å². The maximum absolute atomic E-state index is 13.1. The molecule has 10 heteroatoms. The normalized spacial score (nSPS) is 23.3. The summed E-state index contributed by atoms with van der Waals surface area (Å²) in [6.07, 6.45) is 1.27. The van der Waals surface area contributed by atoms with Crippen molar-refractivity contribution in [3.8, 4) is 0 Å². The molecular weight excluding hydrogens is 438 g/mol. The van der Waals surface area contributed by atoms with Crippen LogP contribution in [0.5, 0.6) is 0 Å². The van der Waals surface area contributed by atoms with E-state index < -0.39 is 29.0 Å². The Morgan fingerprint density at radius 2 is 1.97 bits per heavy atom. The fourth-order valence-corrected chi connectivity index (χ4v) is 4.85. The molecule has 0 bridgehead atoms. The number of imidazole rings is 1. The van der Waals surface area contributed by atoms with Gasteiger partial charge in [-0.25, -0.2) is 9.78 Å². The number of hydrogen-bond acceptors (Lipinski definition) is 6. The number of H-pyrrole nitrogens is 1. The summed E-state index contributed by atoms with van der Waals surface area (Å²) in [4.78, 5) is 45.8. The number of aromatic amines is 1. The van der Waals surface area contributed by atoms with Gasteiger partial charge in [0, 0.05) is 44.2 Å². The zero-order chi connectivity index (χ0) is 24.6. The van der Waals surface area contributed by atoms with Crippen LogP contribution in [0.2, 0.25) is 0 Å². The van der Waals surface area contributed by atoms with Crippen molar-refractivity contribution >= 4 is 16.9 Å². The number of β-amino-alcohol motifs (C(OH)–C–C–N with tert-alkyl or cyclic N) is 1. The van der Waals surface area contributed by atoms with Gasteiger partial charge in [0.2, 0.25) is 5.91 Å². The molecule has 0 aliphatic carbocycles. The lowest BCUT2D eigenvalue weighted by Crippen LogP contribution is -2.47. The van der Waals surface area contributed by atoms with Crippen LogP contribution < -0.4 is 11.2 Å². The van der Waals surface area contributed by atoms with Crippen molar-refractivity contribution in [2.45, 2.75) is 64.3 Å². The van der Waals surface area contributed by atoms with E-state index in [-0.39, 0.29) is 31.8 Å². The maximum atomic E-state index is 13.1. The SMILES string of the molecule is Cc1cn([C@H]2CN(C(=O)CCCn3c(C)nc4ccccc43)C[C@H](O)C[C@]2(C)O)c(=O)[nH]c1=O. The van der Waals surface area contributed by atoms with Crippen molar-refractivity contribution in [1.82, 2.24) is 24.0 Å². The van der Waals surface area contributed by atoms with E-state index in [0.29, 0.717) is 18.5 Å². The van der Waals surface area contributed by atoms with Crippen molar-refractivity contribution < 1.29 is 15.0 Å². The molecular formula is C24H31N5O5. The quantitative estimate of drug-likeness (QED) is 0.508. The topological polar surface area (TPSA) is 133 Å². The van der Waals surface area contributed by atoms with Crippen LogP contribution in [0.4, 0.5) is 0 Å². The van der Waals surface area contributed by atoms with E-state index in [1.54, 1.807) is 6.92 Å². The van der Waals surface area contributed by atoms with Gasteiger partial charge in [0.25, 0.3) is 5.56 Å². The van der Waals surface area contributed by atoms with Gasteiger partial charge >= 0.3 is 5.69 Å². The molecule has 2 aromatic heterocycles. The van der Waals surface area contributed by atoms with E-state index >= 15 is 0 Å². The van der Waals surface area contributed by atoms with Crippen molar-refractivity contribution in [2.75, 3.05) is 13.1 Å². The number of aliphatic hydroxyl groups excluding tert-OH is 1. The Morgan fingerprint density at radius 3 is 2.74 bits per heavy atom. The Morgan fingerprint density at radius 1 is 1.24 bits per heavy atom. The highest BCUT2D eigenvalue weighted by Gasteiger charge is 2.41. The molecule has 0 radical (unpaired) electrons. The summed E-state index contributed by atoms with van der Waals surface area (Å²) >= 11 is 0. The van der Waals surface area contributed by atoms with Gasteiger partial charge < -0.3 is 19.7 Å². The number of aromatic nitrogens is 4. The molecule has 10 nitrogen and oxygen atoms in total. The van der Waals surface area contributed by atoms with Gasteiger partial charge in [-0.2, -0.15) is 0 Å². The first-order valence-corrected chi connectivity index (χ1v) is 11.5. The minimum absolute atomic E-state index is 0.00766. The lowest BCUT2D eigenvalue weighted by atomic mass is 9.91. The van der Waals surface area contributed by atoms with E-state index in [4.69, 9.17) is 0 Å². The second-order valence-electron chi connectivity index (χ2n) is 9.41. The molecule has 1 aliphatic rings. The fraction of sp³-hybridized carbons (Fsp3) is 0.500. The molecule has 1 fully saturated rings. The van der Waals surface area contributed by atoms with Gasteiger partial charge in [-0.15, -0.1) is 0 Å². The summed E-state index contributed by atoms with van der Waals surface area (Å²) in [5.41, 5.74) is -0.372. The van der Waals surface area contributed by atoms with Crippen LogP contribution in [0.15, 0.2) is 40.1 Å². The number of likely N-dealkylation sites (tertiary alicyclic amines) is 1. The number of nitrogens with zero attached hydrogens (tertiary/aromatic N) is 4. The Bertz CT molecular complexity index is 1320. The first-order valence-electron chi connectivity index (χ1n) is 11.5. The molecule has 0 spiro atoms. The van der Waals surface area contributed by atoms with Gasteiger partial charge in [0.05, 0.1) is 28.8 Å². The molecule has 0 saturated carbocycles. The number of fused-ring (bicyclic) bond motifs is 1. The molecule has 1 aliphatic heterocycles. The summed E-state index contributed by atoms with van der Waals surface area (Å²) < 4.78 is 3.34. The highest BCUT2D eigenvalue weighted by atomic mass is 16.3. The highest BCUT2D eigenvalue weighted by molar-refractivity contribution is 5.77. The van der Waals surface area contributed by atoms with Crippen LogP contribution in [-0.4, -0.2) is 64.9 Å². The number of aryl methyl sites for hydroxylation is 3. The smallest absolute Gasteiger partial charge is 0.328 e. The largest absolute Gasteiger partial charge is 0.391 e. The number of hydrogen-bond donors (Lipinski definition) is 3. The van der Waals surface area contributed by atoms with E-state index in [1.165, 1.54) is 22.6 Å². The number of benzene rings is 1. The van der Waals surface area contributed by atoms with Crippen LogP contribution in [0.1, 0.15) is 43.6 Å². The van der Waals surface area contributed by atoms with Crippen molar-refractivity contribution in [2.24, 2.45) is 0 Å². The van der Waals surface area contributed by atoms with E-state index in [1.807, 2.05) is 31.2 Å². The highest BCUT2D eigenvalue weighted by Crippen LogP contribution is 2.31. The summed E-state index contributed by atoms with van der Waals surface area (Å²) in [7, 11) is 0. The van der Waals surface area contributed by atoms with E-state index in [0.717, 1.165) is 16.9 Å². The molecule has 1 saturated heterocycles. The lowest BCUT2D eigenvalue weighted by Gasteiger charge is -2.34. The zero-order valence-corrected chi connectivity index (χ0v) is 19.7. The standard InChI is InChI=1S/C24H31N5O5/c1-15-12-29(23(33)26-22(15)32)20-14-27(13-17(30)11-24(20,3)34)21(31)9-6-10-28-16(2)25-18-7-4-5-8-19(18)28/h4-5,7-8,12,17,20,30,34H,6,9-11,13-14H2,1-3H3,(H,26,32,33)/t17-,20+,24+/m1/s1. The third-order valence-electron chi connectivity index (χ3n) is 6.64. The van der Waals surface area contributed by atoms with Gasteiger partial charge in [-0.05, 0) is 39.3 Å². The molecule has 3 heterocycles. The van der Waals surface area contributed by atoms with Gasteiger partial charge in [0.1, 0.15) is 5.82 Å². The molecule has 3 atom stereocenters. The van der Waals surface area contributed by atoms with Crippen LogP contribution in [-0.2, 0) is 11.3 Å². The van der Waals surface area contributed by atoms with E-state index in [2.05, 4.69) is 14.5 Å². The van der Waals surface area contributed by atoms with Gasteiger partial charge in [-0.3, -0.25) is 19.1 Å². The minimum atomic E-state index is -1.46. The molecule has 0 unspecified atom stereocenters. The van der Waals surface area contributed by atoms with Crippen LogP contribution in [0, 0.1) is 13.8 Å². The van der Waals surface area contributed by atoms with Crippen LogP contribution >= 0.6 is 0 Å². The maximum Gasteiger partial charge on any atom is 0.328 e. The summed E-state index contributed by atoms with van der Waals surface area (Å²) in [5.74, 6) is 0.709. The predicted octanol–water partition coefficient (Wildman–Crippen LogP) is 0.869. The molecule has 3 N–H and O–H groups in total. The fourth-order valence-electron chi connectivity index (χ4n) is 4.85. The Balaban J connectivity index is 1.52. The molecule has 1 aromatic carbocycles. The second-order valence-corrected chi connectivity index (χ2v) is 9.41. The number of aliphatic hydroxyl groups is 2. The minimum Gasteiger partial charge on any atom is -0.391 e. The number of nitrogens with one attached hydrogen (secondary N) is 1. The number of carbonyl (C=O) groups is 1. The summed E-state index contributed by atoms with van der Waals surface area (Å²) in [5, 5.41) is 21.6. The van der Waals surface area contributed by atoms with Crippen molar-refractivity contribution in [1.29, 1.82) is 0 Å². The monoisotopic (exact) mass is 469 g/mol. The molecule has 3 aromatic rings. The van der Waals surface area contributed by atoms with Crippen molar-refractivity contribution in [3.05, 3.63) is 62.7 Å². The number of carbonyl (C=O) groups excluding carboxylic acids is 1. The Kier molecular flexibility index (Phi) is 6.46. The van der Waals surface area contributed by atoms with Crippen molar-refractivity contribution in [3.63, 3.8) is 0 Å². The van der Waals surface area contributed by atoms with Crippen LogP contribution in [0.3, 0.4) is 0 Å². The summed E-state index contributed by atoms with van der Waals surface area (Å²) in [6.45, 7) is 5.77. The number of amides is 1. The average Bonchev–Trinajstić information content (AvgIpc) is 3.01. The first kappa shape index (κ1) is 23.9. The first-order chi connectivity index (χ1) is 16.1. The summed E-state index contributed by atoms with van der Waals surface area (Å²) in [6, 6.07) is 7.02. The predicted molar refractivity (Wildman–Crippen MR) is 127 cm³/mol. The third-order valence-corrected chi connectivity index (χ3v) is 6.64. The number of rotatable bonds is 5.